The lowest BCUT2D eigenvalue weighted by molar-refractivity contribution is 0.869. The number of rotatable bonds is 6. The molecule has 0 fully saturated rings. The molecule has 0 aromatic carbocycles. The van der Waals surface area contributed by atoms with Crippen molar-refractivity contribution in [3.63, 3.8) is 0 Å². The quantitative estimate of drug-likeness (QED) is 0.341. The summed E-state index contributed by atoms with van der Waals surface area (Å²) < 4.78 is 0. The van der Waals surface area contributed by atoms with E-state index >= 15 is 0 Å². The molecule has 0 aliphatic heterocycles. The van der Waals surface area contributed by atoms with Crippen molar-refractivity contribution in [2.45, 2.75) is 0 Å². The van der Waals surface area contributed by atoms with E-state index in [9.17, 15) is 0 Å². The summed E-state index contributed by atoms with van der Waals surface area (Å²) >= 11 is 0. The lowest BCUT2D eigenvalue weighted by atomic mass is 10.8. The molecule has 0 amide bonds. The molecule has 0 saturated heterocycles. The molecule has 3 aromatic heterocycles. The first-order valence-corrected chi connectivity index (χ1v) is 5.48. The van der Waals surface area contributed by atoms with Crippen molar-refractivity contribution in [3.05, 3.63) is 0 Å². The Balaban J connectivity index is 1.66. The Labute approximate surface area is 119 Å². The molecule has 22 heavy (non-hydrogen) atoms. The minimum atomic E-state index is -0.0392. The van der Waals surface area contributed by atoms with Gasteiger partial charge in [-0.1, -0.05) is 0 Å². The first kappa shape index (κ1) is 13.0. The van der Waals surface area contributed by atoms with Crippen molar-refractivity contribution in [1.82, 2.24) is 50.8 Å². The summed E-state index contributed by atoms with van der Waals surface area (Å²) in [6.07, 6.45) is 0. The molecule has 3 heterocycles. The molecule has 3 rings (SSSR count). The van der Waals surface area contributed by atoms with Crippen LogP contribution in [0.5, 0.6) is 0 Å². The van der Waals surface area contributed by atoms with Gasteiger partial charge in [0.25, 0.3) is 23.8 Å². The fourth-order valence-electron chi connectivity index (χ4n) is 1.26. The Bertz CT molecular complexity index is 714. The number of nitrogens with zero attached hydrogens (tertiary/aromatic N) is 10. The molecule has 3 aromatic rings. The van der Waals surface area contributed by atoms with Crippen LogP contribution in [0.25, 0.3) is 0 Å². The summed E-state index contributed by atoms with van der Waals surface area (Å²) in [5.41, 5.74) is 13.5. The number of nitrogens with one attached hydrogen (secondary N) is 6. The average Bonchev–Trinajstić information content (AvgIpc) is 3.18. The van der Waals surface area contributed by atoms with Crippen molar-refractivity contribution in [1.29, 1.82) is 11.1 Å². The van der Waals surface area contributed by atoms with Crippen molar-refractivity contribution >= 4 is 35.7 Å². The van der Waals surface area contributed by atoms with Crippen LogP contribution in [0.2, 0.25) is 0 Å². The molecular formula is C6H6N16. The van der Waals surface area contributed by atoms with Gasteiger partial charge in [0.05, 0.1) is 0 Å². The molecular weight excluding hydrogens is 296 g/mol. The normalized spacial score (nSPS) is 10.2. The molecule has 0 aliphatic rings. The number of aromatic amines is 2. The van der Waals surface area contributed by atoms with Crippen LogP contribution in [0.4, 0.5) is 35.7 Å². The van der Waals surface area contributed by atoms with Gasteiger partial charge < -0.3 is 0 Å². The molecule has 0 aliphatic carbocycles. The zero-order valence-corrected chi connectivity index (χ0v) is 10.5. The number of aromatic nitrogens is 10. The van der Waals surface area contributed by atoms with E-state index in [2.05, 4.69) is 71.6 Å². The number of anilines is 4. The van der Waals surface area contributed by atoms with Crippen LogP contribution in [0.1, 0.15) is 0 Å². The first-order valence-electron chi connectivity index (χ1n) is 5.48. The second-order valence-electron chi connectivity index (χ2n) is 3.49. The standard InChI is InChI=1S/C6H6N16/c7-13-3-9-1(15-17-3)11-5-19-21-6(22-20-5)12-2-10-4(14-8)18-16-2/h7-8H,(H2,9,11,15,17,19,20)(H2,10,12,16,18,21,22). The molecule has 16 heteroatoms. The third-order valence-electron chi connectivity index (χ3n) is 2.09. The van der Waals surface area contributed by atoms with E-state index in [4.69, 9.17) is 11.1 Å². The molecule has 110 valence electrons. The lowest BCUT2D eigenvalue weighted by Gasteiger charge is -2.00. The van der Waals surface area contributed by atoms with E-state index in [1.54, 1.807) is 0 Å². The monoisotopic (exact) mass is 302 g/mol. The minimum absolute atomic E-state index is 0.0392. The zero-order valence-electron chi connectivity index (χ0n) is 10.5. The smallest absolute Gasteiger partial charge is 0.288 e. The van der Waals surface area contributed by atoms with Crippen LogP contribution in [0.3, 0.4) is 0 Å². The summed E-state index contributed by atoms with van der Waals surface area (Å²) in [4.78, 5) is 7.58. The Kier molecular flexibility index (Phi) is 3.29. The largest absolute Gasteiger partial charge is 0.290 e. The molecule has 16 nitrogen and oxygen atoms in total. The van der Waals surface area contributed by atoms with E-state index in [0.29, 0.717) is 0 Å². The molecule has 0 atom stereocenters. The van der Waals surface area contributed by atoms with E-state index in [1.165, 1.54) is 0 Å². The predicted molar refractivity (Wildman–Crippen MR) is 66.6 cm³/mol. The van der Waals surface area contributed by atoms with Gasteiger partial charge in [-0.25, -0.2) is 21.3 Å². The molecule has 0 saturated carbocycles. The highest BCUT2D eigenvalue weighted by atomic mass is 15.4. The second kappa shape index (κ2) is 5.56. The zero-order chi connectivity index (χ0) is 15.4. The second-order valence-corrected chi connectivity index (χ2v) is 3.49. The van der Waals surface area contributed by atoms with E-state index in [-0.39, 0.29) is 35.7 Å². The minimum Gasteiger partial charge on any atom is -0.290 e. The topological polar surface area (TPSA) is 231 Å². The summed E-state index contributed by atoms with van der Waals surface area (Å²) in [6.45, 7) is 0. The van der Waals surface area contributed by atoms with Crippen LogP contribution < -0.4 is 10.6 Å². The molecule has 0 spiro atoms. The van der Waals surface area contributed by atoms with Gasteiger partial charge in [0, 0.05) is 0 Å². The van der Waals surface area contributed by atoms with Gasteiger partial charge >= 0.3 is 0 Å². The third kappa shape index (κ3) is 2.79. The molecule has 0 unspecified atom stereocenters. The maximum Gasteiger partial charge on any atom is 0.288 e. The molecule has 0 bridgehead atoms. The summed E-state index contributed by atoms with van der Waals surface area (Å²) in [5.74, 6) is 0.403. The Morgan fingerprint density at radius 3 is 1.45 bits per heavy atom. The molecule has 6 N–H and O–H groups in total. The van der Waals surface area contributed by atoms with Gasteiger partial charge in [0.1, 0.15) is 0 Å². The van der Waals surface area contributed by atoms with Crippen molar-refractivity contribution < 1.29 is 0 Å². The number of H-pyrrole nitrogens is 2. The summed E-state index contributed by atoms with van der Waals surface area (Å²) in [5, 5.41) is 38.5. The fraction of sp³-hybridized carbons (Fsp3) is 0. The van der Waals surface area contributed by atoms with Gasteiger partial charge in [-0.15, -0.1) is 40.8 Å². The van der Waals surface area contributed by atoms with Crippen molar-refractivity contribution in [3.8, 4) is 0 Å². The third-order valence-corrected chi connectivity index (χ3v) is 2.09. The van der Waals surface area contributed by atoms with E-state index < -0.39 is 0 Å². The Morgan fingerprint density at radius 2 is 1.14 bits per heavy atom. The predicted octanol–water partition coefficient (Wildman–Crippen LogP) is 0.315. The lowest BCUT2D eigenvalue weighted by Crippen LogP contribution is -2.06. The maximum absolute atomic E-state index is 6.74. The number of hydrogen-bond donors (Lipinski definition) is 6. The number of hydrogen-bond acceptors (Lipinski definition) is 14. The highest BCUT2D eigenvalue weighted by Gasteiger charge is 2.07. The highest BCUT2D eigenvalue weighted by Crippen LogP contribution is 2.11. The van der Waals surface area contributed by atoms with Gasteiger partial charge in [0.15, 0.2) is 0 Å². The van der Waals surface area contributed by atoms with Gasteiger partial charge in [0.2, 0.25) is 11.9 Å². The molecule has 0 radical (unpaired) electrons. The first-order chi connectivity index (χ1) is 10.8. The SMILES string of the molecule is N=Nc1n[nH]c(Nc2nnc(Nc3nc(N=N)n[nH]3)nn2)n1. The summed E-state index contributed by atoms with van der Waals surface area (Å²) in [6, 6.07) is 0. The van der Waals surface area contributed by atoms with Gasteiger partial charge in [-0.05, 0) is 0 Å². The van der Waals surface area contributed by atoms with Crippen LogP contribution >= 0.6 is 0 Å². The van der Waals surface area contributed by atoms with E-state index in [0.717, 1.165) is 0 Å². The van der Waals surface area contributed by atoms with Crippen LogP contribution in [0, 0.1) is 11.1 Å². The highest BCUT2D eigenvalue weighted by molar-refractivity contribution is 5.45. The van der Waals surface area contributed by atoms with Crippen LogP contribution in [-0.4, -0.2) is 50.8 Å². The fourth-order valence-corrected chi connectivity index (χ4v) is 1.26. The Hall–Kier alpha value is -3.98. The summed E-state index contributed by atoms with van der Waals surface area (Å²) in [7, 11) is 0. The van der Waals surface area contributed by atoms with Crippen molar-refractivity contribution in [2.75, 3.05) is 10.6 Å². The Morgan fingerprint density at radius 1 is 0.727 bits per heavy atom. The van der Waals surface area contributed by atoms with Crippen LogP contribution in [-0.2, 0) is 0 Å². The van der Waals surface area contributed by atoms with Crippen LogP contribution in [0.15, 0.2) is 10.2 Å². The van der Waals surface area contributed by atoms with Gasteiger partial charge in [-0.3, -0.25) is 10.6 Å². The van der Waals surface area contributed by atoms with Crippen molar-refractivity contribution in [2.24, 2.45) is 10.2 Å². The maximum atomic E-state index is 6.74. The van der Waals surface area contributed by atoms with Gasteiger partial charge in [-0.2, -0.15) is 9.97 Å². The average molecular weight is 302 g/mol. The van der Waals surface area contributed by atoms with E-state index in [1.807, 2.05) is 0 Å².